The van der Waals surface area contributed by atoms with E-state index in [1.165, 1.54) is 17.8 Å². The molecule has 3 rings (SSSR count). The smallest absolute Gasteiger partial charge is 0.251 e. The van der Waals surface area contributed by atoms with Gasteiger partial charge in [0.1, 0.15) is 10.3 Å². The predicted octanol–water partition coefficient (Wildman–Crippen LogP) is 3.09. The normalized spacial score (nSPS) is 11.2. The van der Waals surface area contributed by atoms with Crippen LogP contribution < -0.4 is 5.56 Å². The summed E-state index contributed by atoms with van der Waals surface area (Å²) in [5, 5.41) is 0.612. The van der Waals surface area contributed by atoms with Crippen molar-refractivity contribution in [1.29, 1.82) is 0 Å². The molecule has 0 fully saturated rings. The van der Waals surface area contributed by atoms with Crippen molar-refractivity contribution < 1.29 is 0 Å². The molecule has 0 bridgehead atoms. The van der Waals surface area contributed by atoms with Crippen molar-refractivity contribution in [2.75, 3.05) is 0 Å². The fourth-order valence-corrected chi connectivity index (χ4v) is 3.84. The molecule has 0 saturated carbocycles. The van der Waals surface area contributed by atoms with Crippen LogP contribution in [0.5, 0.6) is 0 Å². The molecule has 0 atom stereocenters. The van der Waals surface area contributed by atoms with Crippen molar-refractivity contribution in [2.24, 2.45) is 0 Å². The highest BCUT2D eigenvalue weighted by Gasteiger charge is 2.12. The fraction of sp³-hybridized carbons (Fsp3) is 0.214. The molecule has 3 heterocycles. The molecule has 0 radical (unpaired) electrons. The number of halogens is 1. The first-order valence-corrected chi connectivity index (χ1v) is 8.15. The minimum atomic E-state index is -0.130. The van der Waals surface area contributed by atoms with Gasteiger partial charge in [-0.05, 0) is 41.9 Å². The molecule has 5 nitrogen and oxygen atoms in total. The van der Waals surface area contributed by atoms with Crippen LogP contribution in [0.3, 0.4) is 0 Å². The van der Waals surface area contributed by atoms with Crippen LogP contribution in [-0.2, 0) is 5.75 Å². The van der Waals surface area contributed by atoms with Gasteiger partial charge in [-0.3, -0.25) is 9.20 Å². The van der Waals surface area contributed by atoms with Crippen LogP contribution in [0.25, 0.3) is 5.65 Å². The number of aromatic nitrogens is 4. The summed E-state index contributed by atoms with van der Waals surface area (Å²) in [5.74, 6) is 0.633. The fourth-order valence-electron chi connectivity index (χ4n) is 2.11. The second-order valence-corrected chi connectivity index (χ2v) is 6.41. The van der Waals surface area contributed by atoms with Crippen molar-refractivity contribution in [3.8, 4) is 0 Å². The highest BCUT2D eigenvalue weighted by Crippen LogP contribution is 2.26. The standard InChI is InChI=1S/C14H13BrN4OS/c1-8-6-12(20)18-14(16-8)21-7-10-13(15)19-9(2)4-3-5-11(19)17-10/h3-6H,7H2,1-2H3,(H,16,18,20). The van der Waals surface area contributed by atoms with E-state index < -0.39 is 0 Å². The Hall–Kier alpha value is -1.60. The van der Waals surface area contributed by atoms with Crippen LogP contribution in [-0.4, -0.2) is 19.4 Å². The molecular formula is C14H13BrN4OS. The number of nitrogens with zero attached hydrogens (tertiary/aromatic N) is 3. The first kappa shape index (κ1) is 14.3. The Kier molecular flexibility index (Phi) is 3.86. The maximum atomic E-state index is 11.4. The van der Waals surface area contributed by atoms with Crippen molar-refractivity contribution in [3.05, 3.63) is 56.3 Å². The Morgan fingerprint density at radius 1 is 1.33 bits per heavy atom. The number of H-pyrrole nitrogens is 1. The quantitative estimate of drug-likeness (QED) is 0.572. The number of aryl methyl sites for hydroxylation is 2. The molecule has 3 aromatic rings. The summed E-state index contributed by atoms with van der Waals surface area (Å²) in [4.78, 5) is 23.1. The number of hydrogen-bond acceptors (Lipinski definition) is 4. The third-order valence-corrected chi connectivity index (χ3v) is 4.74. The average molecular weight is 365 g/mol. The van der Waals surface area contributed by atoms with Crippen LogP contribution in [0.15, 0.2) is 38.8 Å². The Labute approximate surface area is 134 Å². The van der Waals surface area contributed by atoms with Gasteiger partial charge in [-0.25, -0.2) is 9.97 Å². The van der Waals surface area contributed by atoms with E-state index in [0.717, 1.165) is 21.6 Å². The van der Waals surface area contributed by atoms with Gasteiger partial charge in [0.25, 0.3) is 5.56 Å². The van der Waals surface area contributed by atoms with E-state index in [4.69, 9.17) is 0 Å². The lowest BCUT2D eigenvalue weighted by atomic mass is 10.4. The maximum Gasteiger partial charge on any atom is 0.251 e. The maximum absolute atomic E-state index is 11.4. The molecule has 0 aromatic carbocycles. The number of rotatable bonds is 3. The minimum absolute atomic E-state index is 0.130. The van der Waals surface area contributed by atoms with Gasteiger partial charge in [0.15, 0.2) is 5.16 Å². The first-order valence-electron chi connectivity index (χ1n) is 6.38. The van der Waals surface area contributed by atoms with Gasteiger partial charge in [-0.2, -0.15) is 0 Å². The Balaban J connectivity index is 1.90. The van der Waals surface area contributed by atoms with Gasteiger partial charge in [0, 0.05) is 23.2 Å². The van der Waals surface area contributed by atoms with E-state index in [1.807, 2.05) is 32.0 Å². The van der Waals surface area contributed by atoms with Crippen molar-refractivity contribution in [2.45, 2.75) is 24.8 Å². The van der Waals surface area contributed by atoms with E-state index in [-0.39, 0.29) is 5.56 Å². The summed E-state index contributed by atoms with van der Waals surface area (Å²) >= 11 is 5.06. The lowest BCUT2D eigenvalue weighted by Crippen LogP contribution is -2.08. The van der Waals surface area contributed by atoms with E-state index in [9.17, 15) is 4.79 Å². The highest BCUT2D eigenvalue weighted by atomic mass is 79.9. The largest absolute Gasteiger partial charge is 0.301 e. The van der Waals surface area contributed by atoms with Gasteiger partial charge in [0.05, 0.1) is 5.69 Å². The Morgan fingerprint density at radius 2 is 2.14 bits per heavy atom. The zero-order valence-corrected chi connectivity index (χ0v) is 14.0. The third-order valence-electron chi connectivity index (χ3n) is 3.04. The van der Waals surface area contributed by atoms with Gasteiger partial charge in [0.2, 0.25) is 0 Å². The number of fused-ring (bicyclic) bond motifs is 1. The molecule has 0 aliphatic heterocycles. The lowest BCUT2D eigenvalue weighted by Gasteiger charge is -2.01. The lowest BCUT2D eigenvalue weighted by molar-refractivity contribution is 0.904. The molecule has 21 heavy (non-hydrogen) atoms. The van der Waals surface area contributed by atoms with Gasteiger partial charge < -0.3 is 4.98 Å². The van der Waals surface area contributed by atoms with Gasteiger partial charge in [-0.1, -0.05) is 17.8 Å². The molecule has 0 spiro atoms. The summed E-state index contributed by atoms with van der Waals surface area (Å²) in [7, 11) is 0. The Bertz CT molecular complexity index is 871. The van der Waals surface area contributed by atoms with Gasteiger partial charge in [-0.15, -0.1) is 0 Å². The number of pyridine rings is 1. The average Bonchev–Trinajstić information content (AvgIpc) is 2.73. The van der Waals surface area contributed by atoms with Crippen molar-refractivity contribution in [3.63, 3.8) is 0 Å². The zero-order valence-electron chi connectivity index (χ0n) is 11.6. The van der Waals surface area contributed by atoms with Crippen molar-refractivity contribution >= 4 is 33.3 Å². The third kappa shape index (κ3) is 2.89. The molecule has 1 N–H and O–H groups in total. The first-order chi connectivity index (χ1) is 10.0. The van der Waals surface area contributed by atoms with E-state index in [0.29, 0.717) is 16.6 Å². The number of nitrogens with one attached hydrogen (secondary N) is 1. The summed E-state index contributed by atoms with van der Waals surface area (Å²) in [6.45, 7) is 3.85. The second-order valence-electron chi connectivity index (χ2n) is 4.69. The molecule has 0 amide bonds. The van der Waals surface area contributed by atoms with Crippen LogP contribution >= 0.6 is 27.7 Å². The summed E-state index contributed by atoms with van der Waals surface area (Å²) in [5.41, 5.74) is 3.54. The summed E-state index contributed by atoms with van der Waals surface area (Å²) in [6.07, 6.45) is 0. The number of aromatic amines is 1. The number of hydrogen-bond donors (Lipinski definition) is 1. The van der Waals surface area contributed by atoms with Crippen LogP contribution in [0.2, 0.25) is 0 Å². The number of thioether (sulfide) groups is 1. The number of imidazole rings is 1. The van der Waals surface area contributed by atoms with Crippen LogP contribution in [0, 0.1) is 13.8 Å². The Morgan fingerprint density at radius 3 is 2.86 bits per heavy atom. The molecule has 0 saturated heterocycles. The zero-order chi connectivity index (χ0) is 15.0. The summed E-state index contributed by atoms with van der Waals surface area (Å²) in [6, 6.07) is 7.48. The second kappa shape index (κ2) is 5.65. The molecular weight excluding hydrogens is 352 g/mol. The van der Waals surface area contributed by atoms with E-state index >= 15 is 0 Å². The molecule has 0 aliphatic rings. The monoisotopic (exact) mass is 364 g/mol. The van der Waals surface area contributed by atoms with Crippen LogP contribution in [0.4, 0.5) is 0 Å². The SMILES string of the molecule is Cc1cc(=O)[nH]c(SCc2nc3cccc(C)n3c2Br)n1. The molecule has 7 heteroatoms. The molecule has 3 aromatic heterocycles. The predicted molar refractivity (Wildman–Crippen MR) is 86.8 cm³/mol. The topological polar surface area (TPSA) is 63.0 Å². The minimum Gasteiger partial charge on any atom is -0.301 e. The van der Waals surface area contributed by atoms with E-state index in [1.54, 1.807) is 0 Å². The summed E-state index contributed by atoms with van der Waals surface area (Å²) < 4.78 is 3.00. The molecule has 108 valence electrons. The molecule has 0 aliphatic carbocycles. The highest BCUT2D eigenvalue weighted by molar-refractivity contribution is 9.10. The van der Waals surface area contributed by atoms with E-state index in [2.05, 4.69) is 35.3 Å². The van der Waals surface area contributed by atoms with Crippen LogP contribution in [0.1, 0.15) is 17.1 Å². The van der Waals surface area contributed by atoms with Gasteiger partial charge >= 0.3 is 0 Å². The molecule has 0 unspecified atom stereocenters. The van der Waals surface area contributed by atoms with Crippen molar-refractivity contribution in [1.82, 2.24) is 19.4 Å².